The fraction of sp³-hybridized carbons (Fsp3) is 0.533. The second-order valence-corrected chi connectivity index (χ2v) is 4.99. The molecule has 98 valence electrons. The molecule has 1 aliphatic heterocycles. The monoisotopic (exact) mass is 245 g/mol. The van der Waals surface area contributed by atoms with Gasteiger partial charge in [-0.25, -0.2) is 0 Å². The molecule has 3 heteroatoms. The Morgan fingerprint density at radius 2 is 1.78 bits per heavy atom. The Morgan fingerprint density at radius 3 is 2.33 bits per heavy atom. The minimum absolute atomic E-state index is 0.665. The molecule has 1 aliphatic rings. The molecule has 0 radical (unpaired) electrons. The Bertz CT molecular complexity index is 380. The zero-order valence-corrected chi connectivity index (χ0v) is 11.4. The highest BCUT2D eigenvalue weighted by molar-refractivity contribution is 5.96. The van der Waals surface area contributed by atoms with Crippen LogP contribution < -0.4 is 0 Å². The van der Waals surface area contributed by atoms with Crippen LogP contribution in [0.15, 0.2) is 30.3 Å². The lowest BCUT2D eigenvalue weighted by molar-refractivity contribution is 0.137. The van der Waals surface area contributed by atoms with Gasteiger partial charge in [0.2, 0.25) is 0 Å². The summed E-state index contributed by atoms with van der Waals surface area (Å²) in [6, 6.07) is 10.7. The molecule has 0 aromatic heterocycles. The summed E-state index contributed by atoms with van der Waals surface area (Å²) in [5.74, 6) is 0.666. The van der Waals surface area contributed by atoms with Gasteiger partial charge in [0.1, 0.15) is 5.84 Å². The van der Waals surface area contributed by atoms with E-state index < -0.39 is 0 Å². The summed E-state index contributed by atoms with van der Waals surface area (Å²) in [6.07, 6.45) is 1.20. The van der Waals surface area contributed by atoms with Crippen LogP contribution in [0.2, 0.25) is 0 Å². The molecule has 0 spiro atoms. The molecule has 0 aliphatic carbocycles. The highest BCUT2D eigenvalue weighted by Crippen LogP contribution is 2.11. The summed E-state index contributed by atoms with van der Waals surface area (Å²) in [5.41, 5.74) is 1.02. The van der Waals surface area contributed by atoms with Crippen LogP contribution in [-0.4, -0.2) is 47.9 Å². The van der Waals surface area contributed by atoms with Gasteiger partial charge in [-0.3, -0.25) is 10.3 Å². The number of benzene rings is 1. The van der Waals surface area contributed by atoms with Gasteiger partial charge in [-0.15, -0.1) is 0 Å². The lowest BCUT2D eigenvalue weighted by Crippen LogP contribution is -2.51. The van der Waals surface area contributed by atoms with Gasteiger partial charge in [0, 0.05) is 37.8 Å². The molecule has 1 unspecified atom stereocenters. The Kier molecular flexibility index (Phi) is 4.37. The third kappa shape index (κ3) is 2.91. The van der Waals surface area contributed by atoms with Gasteiger partial charge in [0.15, 0.2) is 0 Å². The predicted molar refractivity (Wildman–Crippen MR) is 76.2 cm³/mol. The fourth-order valence-corrected chi connectivity index (χ4v) is 2.42. The molecule has 1 atom stereocenters. The number of piperazine rings is 1. The van der Waals surface area contributed by atoms with Crippen molar-refractivity contribution in [1.82, 2.24) is 9.80 Å². The predicted octanol–water partition coefficient (Wildman–Crippen LogP) is 2.43. The number of nitrogens with zero attached hydrogens (tertiary/aromatic N) is 2. The molecule has 1 fully saturated rings. The van der Waals surface area contributed by atoms with Crippen LogP contribution in [0.5, 0.6) is 0 Å². The van der Waals surface area contributed by atoms with Crippen LogP contribution in [-0.2, 0) is 0 Å². The van der Waals surface area contributed by atoms with E-state index in [1.54, 1.807) is 0 Å². The van der Waals surface area contributed by atoms with E-state index in [-0.39, 0.29) is 0 Å². The topological polar surface area (TPSA) is 30.3 Å². The van der Waals surface area contributed by atoms with Crippen molar-refractivity contribution in [2.45, 2.75) is 26.3 Å². The Morgan fingerprint density at radius 1 is 1.17 bits per heavy atom. The Hall–Kier alpha value is -1.35. The average Bonchev–Trinajstić information content (AvgIpc) is 2.47. The summed E-state index contributed by atoms with van der Waals surface area (Å²) in [7, 11) is 0. The molecule has 1 heterocycles. The van der Waals surface area contributed by atoms with Gasteiger partial charge >= 0.3 is 0 Å². The SMILES string of the molecule is CCC(C)N1CCN(C(=N)c2ccccc2)CC1. The van der Waals surface area contributed by atoms with Crippen LogP contribution in [0.25, 0.3) is 0 Å². The molecule has 1 aromatic carbocycles. The average molecular weight is 245 g/mol. The van der Waals surface area contributed by atoms with Crippen LogP contribution in [0, 0.1) is 5.41 Å². The summed E-state index contributed by atoms with van der Waals surface area (Å²) in [6.45, 7) is 8.62. The molecule has 0 saturated carbocycles. The summed E-state index contributed by atoms with van der Waals surface area (Å²) < 4.78 is 0. The van der Waals surface area contributed by atoms with Gasteiger partial charge in [0.25, 0.3) is 0 Å². The standard InChI is InChI=1S/C15H23N3/c1-3-13(2)17-9-11-18(12-10-17)15(16)14-7-5-4-6-8-14/h4-8,13,16H,3,9-12H2,1-2H3. The highest BCUT2D eigenvalue weighted by atomic mass is 15.3. The molecule has 3 nitrogen and oxygen atoms in total. The smallest absolute Gasteiger partial charge is 0.128 e. The van der Waals surface area contributed by atoms with E-state index in [0.717, 1.165) is 31.7 Å². The zero-order chi connectivity index (χ0) is 13.0. The van der Waals surface area contributed by atoms with Crippen LogP contribution >= 0.6 is 0 Å². The summed E-state index contributed by atoms with van der Waals surface area (Å²) in [5, 5.41) is 8.25. The number of hydrogen-bond acceptors (Lipinski definition) is 2. The van der Waals surface area contributed by atoms with Gasteiger partial charge in [-0.2, -0.15) is 0 Å². The molecular weight excluding hydrogens is 222 g/mol. The maximum atomic E-state index is 8.25. The van der Waals surface area contributed by atoms with Gasteiger partial charge in [-0.1, -0.05) is 37.3 Å². The first-order valence-corrected chi connectivity index (χ1v) is 6.85. The second kappa shape index (κ2) is 6.01. The third-order valence-corrected chi connectivity index (χ3v) is 3.89. The number of amidine groups is 1. The van der Waals surface area contributed by atoms with Crippen LogP contribution in [0.4, 0.5) is 0 Å². The maximum absolute atomic E-state index is 8.25. The zero-order valence-electron chi connectivity index (χ0n) is 11.4. The number of hydrogen-bond donors (Lipinski definition) is 1. The van der Waals surface area contributed by atoms with E-state index in [1.807, 2.05) is 30.3 Å². The molecule has 18 heavy (non-hydrogen) atoms. The number of rotatable bonds is 3. The van der Waals surface area contributed by atoms with Crippen molar-refractivity contribution in [3.63, 3.8) is 0 Å². The van der Waals surface area contributed by atoms with Gasteiger partial charge < -0.3 is 4.90 Å². The lowest BCUT2D eigenvalue weighted by Gasteiger charge is -2.38. The first-order valence-electron chi connectivity index (χ1n) is 6.85. The second-order valence-electron chi connectivity index (χ2n) is 4.99. The molecule has 0 amide bonds. The van der Waals surface area contributed by atoms with Crippen LogP contribution in [0.3, 0.4) is 0 Å². The normalized spacial score (nSPS) is 18.7. The van der Waals surface area contributed by atoms with E-state index >= 15 is 0 Å². The Labute approximate surface area is 110 Å². The van der Waals surface area contributed by atoms with E-state index in [0.29, 0.717) is 11.9 Å². The summed E-state index contributed by atoms with van der Waals surface area (Å²) in [4.78, 5) is 4.71. The van der Waals surface area contributed by atoms with Crippen molar-refractivity contribution >= 4 is 5.84 Å². The first kappa shape index (κ1) is 13.1. The molecule has 2 rings (SSSR count). The fourth-order valence-electron chi connectivity index (χ4n) is 2.42. The van der Waals surface area contributed by atoms with Crippen LogP contribution in [0.1, 0.15) is 25.8 Å². The van der Waals surface area contributed by atoms with Gasteiger partial charge in [0.05, 0.1) is 0 Å². The van der Waals surface area contributed by atoms with Crippen molar-refractivity contribution in [1.29, 1.82) is 5.41 Å². The molecule has 1 N–H and O–H groups in total. The van der Waals surface area contributed by atoms with Crippen molar-refractivity contribution in [3.05, 3.63) is 35.9 Å². The van der Waals surface area contributed by atoms with Gasteiger partial charge in [-0.05, 0) is 13.3 Å². The van der Waals surface area contributed by atoms with E-state index in [1.165, 1.54) is 6.42 Å². The van der Waals surface area contributed by atoms with E-state index in [9.17, 15) is 0 Å². The highest BCUT2D eigenvalue weighted by Gasteiger charge is 2.21. The third-order valence-electron chi connectivity index (χ3n) is 3.89. The summed E-state index contributed by atoms with van der Waals surface area (Å²) >= 11 is 0. The number of nitrogens with one attached hydrogen (secondary N) is 1. The minimum Gasteiger partial charge on any atom is -0.354 e. The van der Waals surface area contributed by atoms with E-state index in [2.05, 4.69) is 23.6 Å². The largest absolute Gasteiger partial charge is 0.354 e. The molecule has 0 bridgehead atoms. The first-order chi connectivity index (χ1) is 8.72. The van der Waals surface area contributed by atoms with Crippen molar-refractivity contribution < 1.29 is 0 Å². The Balaban J connectivity index is 1.92. The van der Waals surface area contributed by atoms with Crippen molar-refractivity contribution in [2.75, 3.05) is 26.2 Å². The molecule has 1 saturated heterocycles. The van der Waals surface area contributed by atoms with Crippen molar-refractivity contribution in [2.24, 2.45) is 0 Å². The molecule has 1 aromatic rings. The quantitative estimate of drug-likeness (QED) is 0.655. The minimum atomic E-state index is 0.665. The lowest BCUT2D eigenvalue weighted by atomic mass is 10.1. The van der Waals surface area contributed by atoms with Crippen molar-refractivity contribution in [3.8, 4) is 0 Å². The molecular formula is C15H23N3. The van der Waals surface area contributed by atoms with E-state index in [4.69, 9.17) is 5.41 Å². The maximum Gasteiger partial charge on any atom is 0.128 e.